The highest BCUT2D eigenvalue weighted by Crippen LogP contribution is 2.21. The van der Waals surface area contributed by atoms with Crippen LogP contribution in [-0.4, -0.2) is 32.4 Å². The van der Waals surface area contributed by atoms with Crippen molar-refractivity contribution in [2.45, 2.75) is 76.0 Å². The molecule has 0 spiro atoms. The van der Waals surface area contributed by atoms with E-state index in [9.17, 15) is 8.42 Å². The first-order valence-electron chi connectivity index (χ1n) is 9.98. The second kappa shape index (κ2) is 10.8. The number of sulfonamides is 1. The Hall–Kier alpha value is -1.07. The minimum absolute atomic E-state index is 0.416. The van der Waals surface area contributed by atoms with Crippen LogP contribution in [0.4, 0.5) is 5.69 Å². The van der Waals surface area contributed by atoms with Crippen LogP contribution in [0.2, 0.25) is 0 Å². The highest BCUT2D eigenvalue weighted by atomic mass is 32.2. The van der Waals surface area contributed by atoms with Gasteiger partial charge in [0.05, 0.1) is 4.90 Å². The molecule has 0 atom stereocenters. The SMILES string of the molecule is CCCCCCCCNc1ccc(S(=O)(=O)N2CCCCCC2)cc1. The van der Waals surface area contributed by atoms with Crippen LogP contribution in [0.25, 0.3) is 0 Å². The number of benzene rings is 1. The molecule has 0 radical (unpaired) electrons. The smallest absolute Gasteiger partial charge is 0.243 e. The van der Waals surface area contributed by atoms with Crippen molar-refractivity contribution in [2.24, 2.45) is 0 Å². The summed E-state index contributed by atoms with van der Waals surface area (Å²) in [4.78, 5) is 0.416. The standard InChI is InChI=1S/C20H34N2O2S/c1-2-3-4-5-6-9-16-21-19-12-14-20(15-13-19)25(23,24)22-17-10-7-8-11-18-22/h12-15,21H,2-11,16-18H2,1H3. The molecule has 1 aromatic carbocycles. The lowest BCUT2D eigenvalue weighted by Crippen LogP contribution is -2.31. The van der Waals surface area contributed by atoms with Crippen molar-refractivity contribution in [1.82, 2.24) is 4.31 Å². The van der Waals surface area contributed by atoms with Gasteiger partial charge >= 0.3 is 0 Å². The summed E-state index contributed by atoms with van der Waals surface area (Å²) in [6.45, 7) is 4.49. The summed E-state index contributed by atoms with van der Waals surface area (Å²) in [5, 5.41) is 3.40. The molecule has 1 N–H and O–H groups in total. The van der Waals surface area contributed by atoms with Crippen molar-refractivity contribution in [3.63, 3.8) is 0 Å². The van der Waals surface area contributed by atoms with Crippen LogP contribution >= 0.6 is 0 Å². The molecule has 0 bridgehead atoms. The van der Waals surface area contributed by atoms with E-state index in [-0.39, 0.29) is 0 Å². The van der Waals surface area contributed by atoms with Crippen molar-refractivity contribution in [3.05, 3.63) is 24.3 Å². The van der Waals surface area contributed by atoms with Crippen LogP contribution in [0.1, 0.15) is 71.1 Å². The first-order chi connectivity index (χ1) is 12.1. The molecule has 1 aromatic rings. The summed E-state index contributed by atoms with van der Waals surface area (Å²) < 4.78 is 27.1. The quantitative estimate of drug-likeness (QED) is 0.591. The maximum absolute atomic E-state index is 12.7. The summed E-state index contributed by atoms with van der Waals surface area (Å²) >= 11 is 0. The molecule has 0 aromatic heterocycles. The van der Waals surface area contributed by atoms with E-state index in [0.29, 0.717) is 18.0 Å². The Labute approximate surface area is 154 Å². The average molecular weight is 367 g/mol. The van der Waals surface area contributed by atoms with Crippen molar-refractivity contribution in [2.75, 3.05) is 25.0 Å². The zero-order valence-electron chi connectivity index (χ0n) is 15.7. The fraction of sp³-hybridized carbons (Fsp3) is 0.700. The maximum Gasteiger partial charge on any atom is 0.243 e. The predicted octanol–water partition coefficient (Wildman–Crippen LogP) is 5.02. The van der Waals surface area contributed by atoms with Crippen molar-refractivity contribution < 1.29 is 8.42 Å². The number of nitrogens with one attached hydrogen (secondary N) is 1. The maximum atomic E-state index is 12.7. The average Bonchev–Trinajstić information content (AvgIpc) is 2.91. The van der Waals surface area contributed by atoms with E-state index in [1.165, 1.54) is 32.1 Å². The normalized spacial score (nSPS) is 16.5. The molecule has 142 valence electrons. The molecule has 1 aliphatic heterocycles. The van der Waals surface area contributed by atoms with Crippen molar-refractivity contribution >= 4 is 15.7 Å². The lowest BCUT2D eigenvalue weighted by molar-refractivity contribution is 0.424. The highest BCUT2D eigenvalue weighted by molar-refractivity contribution is 7.89. The van der Waals surface area contributed by atoms with Gasteiger partial charge in [-0.15, -0.1) is 0 Å². The van der Waals surface area contributed by atoms with Gasteiger partial charge in [-0.1, -0.05) is 51.9 Å². The van der Waals surface area contributed by atoms with Crippen LogP contribution in [-0.2, 0) is 10.0 Å². The highest BCUT2D eigenvalue weighted by Gasteiger charge is 2.24. The zero-order valence-corrected chi connectivity index (χ0v) is 16.5. The minimum atomic E-state index is -3.33. The first-order valence-corrected chi connectivity index (χ1v) is 11.4. The Morgan fingerprint density at radius 1 is 0.880 bits per heavy atom. The Morgan fingerprint density at radius 3 is 2.12 bits per heavy atom. The third kappa shape index (κ3) is 6.63. The molecule has 1 saturated heterocycles. The molecule has 4 nitrogen and oxygen atoms in total. The van der Waals surface area contributed by atoms with Gasteiger partial charge in [-0.25, -0.2) is 8.42 Å². The number of rotatable bonds is 10. The van der Waals surface area contributed by atoms with E-state index in [1.807, 2.05) is 12.1 Å². The molecular weight excluding hydrogens is 332 g/mol. The van der Waals surface area contributed by atoms with E-state index in [1.54, 1.807) is 16.4 Å². The molecule has 1 aliphatic rings. The second-order valence-electron chi connectivity index (χ2n) is 7.04. The van der Waals surface area contributed by atoms with E-state index in [4.69, 9.17) is 0 Å². The molecule has 5 heteroatoms. The zero-order chi connectivity index (χ0) is 18.0. The Bertz CT molecular complexity index is 576. The summed E-state index contributed by atoms with van der Waals surface area (Å²) in [6.07, 6.45) is 11.9. The van der Waals surface area contributed by atoms with Gasteiger partial charge in [0.15, 0.2) is 0 Å². The van der Waals surface area contributed by atoms with Gasteiger partial charge in [-0.3, -0.25) is 0 Å². The van der Waals surface area contributed by atoms with Crippen LogP contribution in [0.5, 0.6) is 0 Å². The molecule has 0 amide bonds. The van der Waals surface area contributed by atoms with E-state index in [2.05, 4.69) is 12.2 Å². The Morgan fingerprint density at radius 2 is 1.48 bits per heavy atom. The lowest BCUT2D eigenvalue weighted by atomic mass is 10.1. The third-order valence-electron chi connectivity index (χ3n) is 4.92. The number of unbranched alkanes of at least 4 members (excludes halogenated alkanes) is 5. The number of anilines is 1. The van der Waals surface area contributed by atoms with Gasteiger partial charge in [-0.2, -0.15) is 4.31 Å². The number of hydrogen-bond acceptors (Lipinski definition) is 3. The molecular formula is C20H34N2O2S. The van der Waals surface area contributed by atoms with E-state index in [0.717, 1.165) is 44.3 Å². The van der Waals surface area contributed by atoms with Gasteiger partial charge in [0.1, 0.15) is 0 Å². The molecule has 2 rings (SSSR count). The Balaban J connectivity index is 1.80. The van der Waals surface area contributed by atoms with E-state index >= 15 is 0 Å². The second-order valence-corrected chi connectivity index (χ2v) is 8.98. The topological polar surface area (TPSA) is 49.4 Å². The van der Waals surface area contributed by atoms with Crippen molar-refractivity contribution in [1.29, 1.82) is 0 Å². The summed E-state index contributed by atoms with van der Waals surface area (Å²) in [5.41, 5.74) is 1.00. The molecule has 0 saturated carbocycles. The van der Waals surface area contributed by atoms with Gasteiger partial charge in [0.25, 0.3) is 0 Å². The van der Waals surface area contributed by atoms with Crippen LogP contribution in [0.15, 0.2) is 29.2 Å². The van der Waals surface area contributed by atoms with Crippen LogP contribution in [0.3, 0.4) is 0 Å². The van der Waals surface area contributed by atoms with Crippen LogP contribution < -0.4 is 5.32 Å². The number of nitrogens with zero attached hydrogens (tertiary/aromatic N) is 1. The van der Waals surface area contributed by atoms with Crippen molar-refractivity contribution in [3.8, 4) is 0 Å². The van der Waals surface area contributed by atoms with Gasteiger partial charge in [0.2, 0.25) is 10.0 Å². The van der Waals surface area contributed by atoms with Gasteiger partial charge in [-0.05, 0) is 43.5 Å². The largest absolute Gasteiger partial charge is 0.385 e. The molecule has 0 aliphatic carbocycles. The molecule has 1 heterocycles. The summed E-state index contributed by atoms with van der Waals surface area (Å²) in [6, 6.07) is 7.26. The predicted molar refractivity (Wildman–Crippen MR) is 106 cm³/mol. The van der Waals surface area contributed by atoms with Gasteiger partial charge < -0.3 is 5.32 Å². The number of hydrogen-bond donors (Lipinski definition) is 1. The first kappa shape index (κ1) is 20.2. The Kier molecular flexibility index (Phi) is 8.76. The summed E-state index contributed by atoms with van der Waals surface area (Å²) in [7, 11) is -3.33. The van der Waals surface area contributed by atoms with Gasteiger partial charge in [0, 0.05) is 25.3 Å². The summed E-state index contributed by atoms with van der Waals surface area (Å²) in [5.74, 6) is 0. The fourth-order valence-corrected chi connectivity index (χ4v) is 4.83. The molecule has 25 heavy (non-hydrogen) atoms. The fourth-order valence-electron chi connectivity index (χ4n) is 3.31. The monoisotopic (exact) mass is 366 g/mol. The lowest BCUT2D eigenvalue weighted by Gasteiger charge is -2.20. The van der Waals surface area contributed by atoms with E-state index < -0.39 is 10.0 Å². The van der Waals surface area contributed by atoms with Crippen LogP contribution in [0, 0.1) is 0 Å². The molecule has 0 unspecified atom stereocenters. The third-order valence-corrected chi connectivity index (χ3v) is 6.83. The minimum Gasteiger partial charge on any atom is -0.385 e. The molecule has 1 fully saturated rings.